The van der Waals surface area contributed by atoms with Crippen molar-refractivity contribution in [2.75, 3.05) is 0 Å². The summed E-state index contributed by atoms with van der Waals surface area (Å²) < 4.78 is 12.1. The molecular formula is C19H30N2O4S. The number of ether oxygens (including phenoxy) is 2. The Labute approximate surface area is 160 Å². The molecule has 2 heterocycles. The van der Waals surface area contributed by atoms with E-state index in [1.54, 1.807) is 25.3 Å². The molecule has 0 aromatic carbocycles. The summed E-state index contributed by atoms with van der Waals surface area (Å²) in [4.78, 5) is 14.5. The summed E-state index contributed by atoms with van der Waals surface area (Å²) in [5.74, 6) is 0. The molecule has 26 heavy (non-hydrogen) atoms. The first-order valence-corrected chi connectivity index (χ1v) is 9.97. The molecule has 1 aromatic rings. The molecule has 1 aliphatic heterocycles. The van der Waals surface area contributed by atoms with Crippen LogP contribution < -0.4 is 0 Å². The highest BCUT2D eigenvalue weighted by Gasteiger charge is 2.42. The molecule has 0 saturated carbocycles. The summed E-state index contributed by atoms with van der Waals surface area (Å²) in [7, 11) is 0. The third-order valence-electron chi connectivity index (χ3n) is 4.59. The molecule has 0 aliphatic carbocycles. The Bertz CT molecular complexity index is 593. The zero-order chi connectivity index (χ0) is 19.4. The summed E-state index contributed by atoms with van der Waals surface area (Å²) in [6, 6.07) is 5.42. The van der Waals surface area contributed by atoms with Crippen LogP contribution in [-0.4, -0.2) is 33.3 Å². The van der Waals surface area contributed by atoms with E-state index < -0.39 is 4.87 Å². The van der Waals surface area contributed by atoms with Crippen LogP contribution in [0.3, 0.4) is 0 Å². The van der Waals surface area contributed by atoms with Crippen LogP contribution in [0.4, 0.5) is 0 Å². The molecule has 6 nitrogen and oxygen atoms in total. The van der Waals surface area contributed by atoms with Crippen molar-refractivity contribution in [2.45, 2.75) is 88.7 Å². The van der Waals surface area contributed by atoms with Gasteiger partial charge in [0.05, 0.1) is 18.6 Å². The molecule has 0 spiro atoms. The van der Waals surface area contributed by atoms with Gasteiger partial charge in [-0.25, -0.2) is 4.98 Å². The highest BCUT2D eigenvalue weighted by molar-refractivity contribution is 8.00. The fourth-order valence-corrected chi connectivity index (χ4v) is 4.26. The summed E-state index contributed by atoms with van der Waals surface area (Å²) >= 11 is 1.16. The molecule has 4 atom stereocenters. The van der Waals surface area contributed by atoms with Gasteiger partial charge in [0.25, 0.3) is 4.87 Å². The van der Waals surface area contributed by atoms with Gasteiger partial charge in [0.1, 0.15) is 5.03 Å². The van der Waals surface area contributed by atoms with Gasteiger partial charge < -0.3 is 9.47 Å². The van der Waals surface area contributed by atoms with Crippen molar-refractivity contribution in [3.8, 4) is 0 Å². The van der Waals surface area contributed by atoms with Crippen LogP contribution in [0.15, 0.2) is 29.4 Å². The zero-order valence-corrected chi connectivity index (χ0v) is 17.1. The summed E-state index contributed by atoms with van der Waals surface area (Å²) in [5, 5.41) is 12.3. The van der Waals surface area contributed by atoms with Crippen LogP contribution in [0.5, 0.6) is 0 Å². The molecule has 0 amide bonds. The molecule has 1 saturated heterocycles. The van der Waals surface area contributed by atoms with Crippen LogP contribution in [0.25, 0.3) is 0 Å². The van der Waals surface area contributed by atoms with E-state index in [-0.39, 0.29) is 35.3 Å². The van der Waals surface area contributed by atoms with Gasteiger partial charge in [-0.1, -0.05) is 26.8 Å². The number of hydrogen-bond donors (Lipinski definition) is 0. The number of nitrogens with zero attached hydrogens (tertiary/aromatic N) is 2. The van der Waals surface area contributed by atoms with Gasteiger partial charge in [-0.3, -0.25) is 10.1 Å². The lowest BCUT2D eigenvalue weighted by Gasteiger charge is -2.38. The SMILES string of the molecule is C[C@H](CC(C)(Sc1ccccn1)[N+](=O)[O-])O[C@@H]1CCC[C@@H](C(C)(C)C)O1. The van der Waals surface area contributed by atoms with Crippen molar-refractivity contribution < 1.29 is 14.4 Å². The maximum Gasteiger partial charge on any atom is 0.272 e. The Morgan fingerprint density at radius 1 is 1.38 bits per heavy atom. The first kappa shape index (κ1) is 21.1. The molecule has 1 aliphatic rings. The summed E-state index contributed by atoms with van der Waals surface area (Å²) in [6.45, 7) is 10.0. The molecule has 0 N–H and O–H groups in total. The average Bonchev–Trinajstić information content (AvgIpc) is 2.54. The normalized spacial score (nSPS) is 24.7. The molecule has 7 heteroatoms. The van der Waals surface area contributed by atoms with Crippen molar-refractivity contribution in [1.29, 1.82) is 0 Å². The second kappa shape index (κ2) is 8.67. The van der Waals surface area contributed by atoms with E-state index in [4.69, 9.17) is 9.47 Å². The Hall–Kier alpha value is -1.18. The van der Waals surface area contributed by atoms with E-state index in [0.717, 1.165) is 31.0 Å². The molecule has 1 aromatic heterocycles. The van der Waals surface area contributed by atoms with E-state index in [1.807, 2.05) is 13.0 Å². The van der Waals surface area contributed by atoms with Gasteiger partial charge in [-0.2, -0.15) is 0 Å². The van der Waals surface area contributed by atoms with Crippen LogP contribution in [0.1, 0.15) is 60.3 Å². The molecule has 0 bridgehead atoms. The lowest BCUT2D eigenvalue weighted by Crippen LogP contribution is -2.41. The van der Waals surface area contributed by atoms with Crippen LogP contribution in [-0.2, 0) is 9.47 Å². The largest absolute Gasteiger partial charge is 0.349 e. The minimum atomic E-state index is -1.20. The molecule has 0 radical (unpaired) electrons. The van der Waals surface area contributed by atoms with E-state index in [9.17, 15) is 10.1 Å². The van der Waals surface area contributed by atoms with Crippen molar-refractivity contribution in [3.05, 3.63) is 34.5 Å². The predicted octanol–water partition coefficient (Wildman–Crippen LogP) is 4.90. The highest BCUT2D eigenvalue weighted by Crippen LogP contribution is 2.37. The van der Waals surface area contributed by atoms with E-state index in [0.29, 0.717) is 5.03 Å². The van der Waals surface area contributed by atoms with Gasteiger partial charge in [0, 0.05) is 18.0 Å². The maximum atomic E-state index is 11.7. The van der Waals surface area contributed by atoms with E-state index in [1.165, 1.54) is 0 Å². The molecule has 1 fully saturated rings. The second-order valence-electron chi connectivity index (χ2n) is 8.20. The standard InChI is InChI=1S/C19H30N2O4S/c1-14(24-17-11-8-9-15(25-17)18(2,3)4)13-19(5,21(22)23)26-16-10-6-7-12-20-16/h6-7,10,12,14-15,17H,8-9,11,13H2,1-5H3/t14-,15+,17+,19?/m1/s1. The monoisotopic (exact) mass is 382 g/mol. The van der Waals surface area contributed by atoms with Gasteiger partial charge >= 0.3 is 0 Å². The Kier molecular flexibility index (Phi) is 7.05. The first-order valence-electron chi connectivity index (χ1n) is 9.15. The third kappa shape index (κ3) is 5.93. The molecule has 1 unspecified atom stereocenters. The number of rotatable bonds is 7. The van der Waals surface area contributed by atoms with Crippen LogP contribution in [0.2, 0.25) is 0 Å². The Morgan fingerprint density at radius 2 is 2.12 bits per heavy atom. The topological polar surface area (TPSA) is 74.5 Å². The zero-order valence-electron chi connectivity index (χ0n) is 16.3. The smallest absolute Gasteiger partial charge is 0.272 e. The lowest BCUT2D eigenvalue weighted by atomic mass is 9.85. The lowest BCUT2D eigenvalue weighted by molar-refractivity contribution is -0.536. The number of thioether (sulfide) groups is 1. The average molecular weight is 383 g/mol. The van der Waals surface area contributed by atoms with Crippen LogP contribution >= 0.6 is 11.8 Å². The van der Waals surface area contributed by atoms with Gasteiger partial charge in [0.15, 0.2) is 6.29 Å². The van der Waals surface area contributed by atoms with Gasteiger partial charge in [-0.05, 0) is 55.5 Å². The second-order valence-corrected chi connectivity index (χ2v) is 9.71. The van der Waals surface area contributed by atoms with Crippen molar-refractivity contribution in [2.24, 2.45) is 5.41 Å². The molecular weight excluding hydrogens is 352 g/mol. The Morgan fingerprint density at radius 3 is 2.69 bits per heavy atom. The fourth-order valence-electron chi connectivity index (χ4n) is 3.15. The van der Waals surface area contributed by atoms with Crippen molar-refractivity contribution in [3.63, 3.8) is 0 Å². The number of hydrogen-bond acceptors (Lipinski definition) is 6. The van der Waals surface area contributed by atoms with Crippen LogP contribution in [0, 0.1) is 15.5 Å². The van der Waals surface area contributed by atoms with E-state index in [2.05, 4.69) is 25.8 Å². The fraction of sp³-hybridized carbons (Fsp3) is 0.737. The number of nitro groups is 1. The number of pyridine rings is 1. The highest BCUT2D eigenvalue weighted by atomic mass is 32.2. The predicted molar refractivity (Wildman–Crippen MR) is 103 cm³/mol. The summed E-state index contributed by atoms with van der Waals surface area (Å²) in [6.07, 6.45) is 4.41. The minimum absolute atomic E-state index is 0.0649. The minimum Gasteiger partial charge on any atom is -0.349 e. The molecule has 2 rings (SSSR count). The first-order chi connectivity index (χ1) is 12.1. The van der Waals surface area contributed by atoms with E-state index >= 15 is 0 Å². The summed E-state index contributed by atoms with van der Waals surface area (Å²) in [5.41, 5.74) is 0.0649. The third-order valence-corrected chi connectivity index (χ3v) is 5.79. The Balaban J connectivity index is 1.97. The molecule has 146 valence electrons. The quantitative estimate of drug-likeness (QED) is 0.289. The van der Waals surface area contributed by atoms with Crippen molar-refractivity contribution in [1.82, 2.24) is 4.98 Å². The number of aromatic nitrogens is 1. The van der Waals surface area contributed by atoms with Gasteiger partial charge in [-0.15, -0.1) is 0 Å². The van der Waals surface area contributed by atoms with Gasteiger partial charge in [0.2, 0.25) is 0 Å². The maximum absolute atomic E-state index is 11.7. The van der Waals surface area contributed by atoms with Crippen molar-refractivity contribution >= 4 is 11.8 Å².